The van der Waals surface area contributed by atoms with E-state index < -0.39 is 16.1 Å². The van der Waals surface area contributed by atoms with Crippen molar-refractivity contribution < 1.29 is 17.7 Å². The van der Waals surface area contributed by atoms with Gasteiger partial charge in [0.15, 0.2) is 0 Å². The summed E-state index contributed by atoms with van der Waals surface area (Å²) in [5, 5.41) is 5.88. The van der Waals surface area contributed by atoms with E-state index in [9.17, 15) is 13.2 Å². The fraction of sp³-hybridized carbons (Fsp3) is 0.350. The van der Waals surface area contributed by atoms with Crippen molar-refractivity contribution in [2.45, 2.75) is 33.4 Å². The number of aromatic nitrogens is 2. The number of carbonyl (C=O) groups is 1. The van der Waals surface area contributed by atoms with Crippen molar-refractivity contribution in [2.24, 2.45) is 0 Å². The maximum absolute atomic E-state index is 13.2. The Balaban J connectivity index is 1.81. The second-order valence-corrected chi connectivity index (χ2v) is 9.72. The fourth-order valence-electron chi connectivity index (χ4n) is 3.09. The summed E-state index contributed by atoms with van der Waals surface area (Å²) in [6, 6.07) is 9.87. The topological polar surface area (TPSA) is 96.6 Å². The molecule has 1 aromatic carbocycles. The number of carbonyl (C=O) groups excluding carboxylic acids is 1. The molecule has 2 aromatic heterocycles. The number of aryl methyl sites for hydroxylation is 1. The molecule has 1 unspecified atom stereocenters. The predicted octanol–water partition coefficient (Wildman–Crippen LogP) is 3.31. The molecule has 1 atom stereocenters. The Morgan fingerprint density at radius 1 is 1.23 bits per heavy atom. The number of sulfonamides is 1. The van der Waals surface area contributed by atoms with Gasteiger partial charge in [0.2, 0.25) is 27.6 Å². The van der Waals surface area contributed by atoms with Gasteiger partial charge in [-0.15, -0.1) is 11.3 Å². The van der Waals surface area contributed by atoms with Gasteiger partial charge in [0.05, 0.1) is 16.8 Å². The van der Waals surface area contributed by atoms with Crippen molar-refractivity contribution in [3.05, 3.63) is 53.2 Å². The van der Waals surface area contributed by atoms with Crippen molar-refractivity contribution in [3.8, 4) is 10.7 Å². The predicted molar refractivity (Wildman–Crippen MR) is 117 cm³/mol. The first-order valence-corrected chi connectivity index (χ1v) is 12.1. The largest absolute Gasteiger partial charge is 0.337 e. The number of hydrogen-bond donors (Lipinski definition) is 0. The lowest BCUT2D eigenvalue weighted by molar-refractivity contribution is -0.132. The fourth-order valence-corrected chi connectivity index (χ4v) is 4.91. The van der Waals surface area contributed by atoms with Crippen LogP contribution in [-0.2, 0) is 21.4 Å². The number of amides is 1. The molecule has 1 amide bonds. The van der Waals surface area contributed by atoms with Gasteiger partial charge in [-0.25, -0.2) is 8.42 Å². The van der Waals surface area contributed by atoms with E-state index in [0.717, 1.165) is 21.0 Å². The molecule has 2 heterocycles. The third-order valence-electron chi connectivity index (χ3n) is 4.58. The quantitative estimate of drug-likeness (QED) is 0.524. The van der Waals surface area contributed by atoms with Crippen molar-refractivity contribution >= 4 is 33.0 Å². The highest BCUT2D eigenvalue weighted by atomic mass is 32.2. The average molecular weight is 449 g/mol. The third kappa shape index (κ3) is 4.88. The van der Waals surface area contributed by atoms with Gasteiger partial charge in [0, 0.05) is 6.54 Å². The number of nitrogens with zero attached hydrogens (tertiary/aromatic N) is 4. The van der Waals surface area contributed by atoms with Crippen molar-refractivity contribution in [3.63, 3.8) is 0 Å². The van der Waals surface area contributed by atoms with Gasteiger partial charge < -0.3 is 9.42 Å². The first-order chi connectivity index (χ1) is 14.2. The molecule has 10 heteroatoms. The number of hydrogen-bond acceptors (Lipinski definition) is 7. The zero-order valence-electron chi connectivity index (χ0n) is 17.3. The van der Waals surface area contributed by atoms with E-state index in [1.165, 1.54) is 16.2 Å². The van der Waals surface area contributed by atoms with E-state index in [2.05, 4.69) is 10.1 Å². The Morgan fingerprint density at radius 2 is 1.93 bits per heavy atom. The molecule has 0 N–H and O–H groups in total. The van der Waals surface area contributed by atoms with Gasteiger partial charge in [-0.3, -0.25) is 9.10 Å². The first kappa shape index (κ1) is 22.0. The molecule has 160 valence electrons. The van der Waals surface area contributed by atoms with Crippen molar-refractivity contribution in [1.82, 2.24) is 15.0 Å². The minimum absolute atomic E-state index is 0.101. The highest BCUT2D eigenvalue weighted by Crippen LogP contribution is 2.24. The molecular formula is C20H24N4O4S2. The molecule has 0 saturated heterocycles. The van der Waals surface area contributed by atoms with Gasteiger partial charge in [0.1, 0.15) is 12.6 Å². The van der Waals surface area contributed by atoms with Crippen LogP contribution in [-0.4, -0.2) is 48.2 Å². The highest BCUT2D eigenvalue weighted by Gasteiger charge is 2.32. The number of anilines is 1. The third-order valence-corrected chi connectivity index (χ3v) is 6.69. The van der Waals surface area contributed by atoms with Crippen LogP contribution in [0.4, 0.5) is 5.69 Å². The van der Waals surface area contributed by atoms with Crippen LogP contribution in [0.15, 0.2) is 46.3 Å². The van der Waals surface area contributed by atoms with Gasteiger partial charge >= 0.3 is 0 Å². The zero-order valence-corrected chi connectivity index (χ0v) is 18.9. The van der Waals surface area contributed by atoms with Crippen LogP contribution in [0.1, 0.15) is 25.3 Å². The average Bonchev–Trinajstić information content (AvgIpc) is 3.37. The SMILES string of the molecule is CCN(Cc1nc(-c2cccs2)no1)C(=O)C(C)N(c1ccc(C)cc1)S(C)(=O)=O. The summed E-state index contributed by atoms with van der Waals surface area (Å²) >= 11 is 1.49. The molecule has 0 fully saturated rings. The molecule has 0 spiro atoms. The summed E-state index contributed by atoms with van der Waals surface area (Å²) in [6.45, 7) is 5.78. The maximum Gasteiger partial charge on any atom is 0.246 e. The van der Waals surface area contributed by atoms with Crippen LogP contribution in [0.5, 0.6) is 0 Å². The monoisotopic (exact) mass is 448 g/mol. The van der Waals surface area contributed by atoms with E-state index in [0.29, 0.717) is 23.9 Å². The summed E-state index contributed by atoms with van der Waals surface area (Å²) in [5.41, 5.74) is 1.44. The van der Waals surface area contributed by atoms with Crippen LogP contribution in [0.25, 0.3) is 10.7 Å². The first-order valence-electron chi connectivity index (χ1n) is 9.42. The van der Waals surface area contributed by atoms with Crippen LogP contribution >= 0.6 is 11.3 Å². The van der Waals surface area contributed by atoms with E-state index in [-0.39, 0.29) is 12.5 Å². The van der Waals surface area contributed by atoms with Gasteiger partial charge in [-0.05, 0) is 44.4 Å². The van der Waals surface area contributed by atoms with Crippen LogP contribution in [0, 0.1) is 6.92 Å². The Morgan fingerprint density at radius 3 is 2.50 bits per heavy atom. The lowest BCUT2D eigenvalue weighted by atomic mass is 10.2. The molecular weight excluding hydrogens is 424 g/mol. The zero-order chi connectivity index (χ0) is 21.9. The van der Waals surface area contributed by atoms with E-state index in [1.54, 1.807) is 19.1 Å². The molecule has 0 aliphatic heterocycles. The molecule has 0 aliphatic carbocycles. The minimum Gasteiger partial charge on any atom is -0.337 e. The molecule has 3 aromatic rings. The molecule has 0 bridgehead atoms. The van der Waals surface area contributed by atoms with Crippen molar-refractivity contribution in [1.29, 1.82) is 0 Å². The van der Waals surface area contributed by atoms with E-state index in [4.69, 9.17) is 4.52 Å². The van der Waals surface area contributed by atoms with Crippen molar-refractivity contribution in [2.75, 3.05) is 17.1 Å². The molecule has 0 radical (unpaired) electrons. The van der Waals surface area contributed by atoms with Crippen LogP contribution in [0.2, 0.25) is 0 Å². The Labute approximate surface area is 180 Å². The number of rotatable bonds is 8. The normalized spacial score (nSPS) is 12.5. The second-order valence-electron chi connectivity index (χ2n) is 6.91. The van der Waals surface area contributed by atoms with Gasteiger partial charge in [-0.1, -0.05) is 28.9 Å². The summed E-state index contributed by atoms with van der Waals surface area (Å²) in [6.07, 6.45) is 1.10. The Hall–Kier alpha value is -2.72. The number of benzene rings is 1. The highest BCUT2D eigenvalue weighted by molar-refractivity contribution is 7.92. The lowest BCUT2D eigenvalue weighted by Crippen LogP contribution is -2.49. The molecule has 0 saturated carbocycles. The molecule has 3 rings (SSSR count). The van der Waals surface area contributed by atoms with Gasteiger partial charge in [-0.2, -0.15) is 4.98 Å². The summed E-state index contributed by atoms with van der Waals surface area (Å²) in [4.78, 5) is 19.9. The lowest BCUT2D eigenvalue weighted by Gasteiger charge is -2.31. The Kier molecular flexibility index (Phi) is 6.57. The molecule has 8 nitrogen and oxygen atoms in total. The smallest absolute Gasteiger partial charge is 0.246 e. The summed E-state index contributed by atoms with van der Waals surface area (Å²) < 4.78 is 31.4. The standard InChI is InChI=1S/C20H24N4O4S2/c1-5-23(13-18-21-19(22-28-18)17-7-6-12-29-17)20(25)15(3)24(30(4,26)27)16-10-8-14(2)9-11-16/h6-12,15H,5,13H2,1-4H3. The molecule has 0 aliphatic rings. The van der Waals surface area contributed by atoms with Gasteiger partial charge in [0.25, 0.3) is 0 Å². The number of thiophene rings is 1. The van der Waals surface area contributed by atoms with Crippen LogP contribution in [0.3, 0.4) is 0 Å². The summed E-state index contributed by atoms with van der Waals surface area (Å²) in [5.74, 6) is 0.412. The summed E-state index contributed by atoms with van der Waals surface area (Å²) in [7, 11) is -3.68. The second kappa shape index (κ2) is 8.97. The number of likely N-dealkylation sites (N-methyl/N-ethyl adjacent to an activating group) is 1. The molecule has 30 heavy (non-hydrogen) atoms. The van der Waals surface area contributed by atoms with E-state index in [1.807, 2.05) is 43.5 Å². The van der Waals surface area contributed by atoms with Crippen LogP contribution < -0.4 is 4.31 Å². The maximum atomic E-state index is 13.2. The minimum atomic E-state index is -3.68. The van der Waals surface area contributed by atoms with E-state index >= 15 is 0 Å². The Bertz CT molecular complexity index is 1090.